The molecule has 0 radical (unpaired) electrons. The Balaban J connectivity index is 0.000000171. The van der Waals surface area contributed by atoms with Gasteiger partial charge in [0.2, 0.25) is 0 Å². The number of nitriles is 1. The van der Waals surface area contributed by atoms with Gasteiger partial charge in [0.1, 0.15) is 0 Å². The maximum absolute atomic E-state index is 10.0. The summed E-state index contributed by atoms with van der Waals surface area (Å²) in [7, 11) is 0. The minimum atomic E-state index is -0.417. The van der Waals surface area contributed by atoms with Crippen LogP contribution in [0.2, 0.25) is 0 Å². The third-order valence-corrected chi connectivity index (χ3v) is 1.87. The number of non-ortho nitro benzene ring substituents is 1. The Morgan fingerprint density at radius 1 is 0.941 bits per heavy atom. The highest BCUT2D eigenvalue weighted by Gasteiger charge is 1.98. The van der Waals surface area contributed by atoms with Crippen LogP contribution in [0.3, 0.4) is 0 Å². The molecule has 0 heterocycles. The van der Waals surface area contributed by atoms with Crippen LogP contribution in [0.15, 0.2) is 60.7 Å². The number of hydrogen-bond donors (Lipinski definition) is 0. The number of nitro benzene ring substituents is 1. The van der Waals surface area contributed by atoms with E-state index in [1.807, 2.05) is 24.3 Å². The van der Waals surface area contributed by atoms with Crippen LogP contribution in [0.5, 0.6) is 0 Å². The van der Waals surface area contributed by atoms with Crippen LogP contribution in [-0.4, -0.2) is 4.92 Å². The molecule has 17 heavy (non-hydrogen) atoms. The first-order valence-electron chi connectivity index (χ1n) is 4.88. The third kappa shape index (κ3) is 4.58. The van der Waals surface area contributed by atoms with Gasteiger partial charge in [-0.1, -0.05) is 36.4 Å². The lowest BCUT2D eigenvalue weighted by atomic mass is 10.2. The van der Waals surface area contributed by atoms with E-state index in [-0.39, 0.29) is 5.69 Å². The van der Waals surface area contributed by atoms with Crippen LogP contribution >= 0.6 is 0 Å². The average Bonchev–Trinajstić information content (AvgIpc) is 2.41. The van der Waals surface area contributed by atoms with Crippen molar-refractivity contribution in [2.45, 2.75) is 0 Å². The zero-order valence-electron chi connectivity index (χ0n) is 8.98. The van der Waals surface area contributed by atoms with Gasteiger partial charge >= 0.3 is 0 Å². The van der Waals surface area contributed by atoms with Crippen molar-refractivity contribution in [1.82, 2.24) is 0 Å². The lowest BCUT2D eigenvalue weighted by Crippen LogP contribution is -1.84. The zero-order chi connectivity index (χ0) is 12.5. The van der Waals surface area contributed by atoms with Crippen molar-refractivity contribution in [2.24, 2.45) is 0 Å². The molecule has 0 aliphatic rings. The van der Waals surface area contributed by atoms with Crippen molar-refractivity contribution in [1.29, 1.82) is 5.26 Å². The second-order valence-corrected chi connectivity index (χ2v) is 3.07. The number of nitrogens with zero attached hydrogens (tertiary/aromatic N) is 2. The molecule has 0 unspecified atom stereocenters. The van der Waals surface area contributed by atoms with Gasteiger partial charge in [-0.3, -0.25) is 10.1 Å². The molecule has 0 N–H and O–H groups in total. The van der Waals surface area contributed by atoms with Gasteiger partial charge in [-0.15, -0.1) is 0 Å². The van der Waals surface area contributed by atoms with Crippen molar-refractivity contribution in [3.05, 3.63) is 76.3 Å². The molecular formula is C13H10N2O2. The Bertz CT molecular complexity index is 504. The highest BCUT2D eigenvalue weighted by molar-refractivity contribution is 5.28. The van der Waals surface area contributed by atoms with Crippen LogP contribution in [-0.2, 0) is 0 Å². The van der Waals surface area contributed by atoms with E-state index in [1.165, 1.54) is 12.1 Å². The molecule has 0 saturated carbocycles. The van der Waals surface area contributed by atoms with Gasteiger partial charge in [-0.05, 0) is 12.1 Å². The number of nitro groups is 1. The predicted octanol–water partition coefficient (Wildman–Crippen LogP) is 3.15. The van der Waals surface area contributed by atoms with E-state index in [0.29, 0.717) is 5.56 Å². The van der Waals surface area contributed by atoms with Gasteiger partial charge in [0, 0.05) is 12.1 Å². The first kappa shape index (κ1) is 12.4. The molecule has 2 rings (SSSR count). The molecule has 0 bridgehead atoms. The Morgan fingerprint density at radius 3 is 1.71 bits per heavy atom. The molecule has 0 saturated heterocycles. The maximum Gasteiger partial charge on any atom is 0.269 e. The van der Waals surface area contributed by atoms with Crippen LogP contribution in [0.4, 0.5) is 5.69 Å². The van der Waals surface area contributed by atoms with Crippen LogP contribution < -0.4 is 0 Å². The van der Waals surface area contributed by atoms with Crippen LogP contribution in [0.25, 0.3) is 0 Å². The number of benzene rings is 2. The average molecular weight is 226 g/mol. The largest absolute Gasteiger partial charge is 0.269 e. The molecule has 4 nitrogen and oxygen atoms in total. The topological polar surface area (TPSA) is 66.9 Å². The van der Waals surface area contributed by atoms with E-state index in [1.54, 1.807) is 30.3 Å². The summed E-state index contributed by atoms with van der Waals surface area (Å²) in [6.07, 6.45) is 0. The molecule has 4 heteroatoms. The smallest absolute Gasteiger partial charge is 0.258 e. The molecule has 0 amide bonds. The van der Waals surface area contributed by atoms with Crippen molar-refractivity contribution in [3.63, 3.8) is 0 Å². The van der Waals surface area contributed by atoms with E-state index < -0.39 is 4.92 Å². The van der Waals surface area contributed by atoms with Crippen LogP contribution in [0.1, 0.15) is 5.56 Å². The van der Waals surface area contributed by atoms with Gasteiger partial charge in [0.05, 0.1) is 16.6 Å². The van der Waals surface area contributed by atoms with E-state index in [0.717, 1.165) is 0 Å². The highest BCUT2D eigenvalue weighted by Crippen LogP contribution is 2.06. The standard InChI is InChI=1S/C7H5N.C6H5NO2/c8-6-7-4-2-1-3-5-7;8-7(9)6-4-2-1-3-5-6/h1-5H;1-5H. The summed E-state index contributed by atoms with van der Waals surface area (Å²) in [5.74, 6) is 0. The van der Waals surface area contributed by atoms with Crippen molar-refractivity contribution >= 4 is 5.69 Å². The quantitative estimate of drug-likeness (QED) is 0.554. The summed E-state index contributed by atoms with van der Waals surface area (Å²) in [6, 6.07) is 19.1. The summed E-state index contributed by atoms with van der Waals surface area (Å²) >= 11 is 0. The summed E-state index contributed by atoms with van der Waals surface area (Å²) in [6.45, 7) is 0. The lowest BCUT2D eigenvalue weighted by Gasteiger charge is -1.85. The normalized spacial score (nSPS) is 8.41. The zero-order valence-corrected chi connectivity index (χ0v) is 8.98. The lowest BCUT2D eigenvalue weighted by molar-refractivity contribution is -0.384. The molecule has 0 aromatic heterocycles. The van der Waals surface area contributed by atoms with Gasteiger partial charge in [0.15, 0.2) is 0 Å². The number of hydrogen-bond acceptors (Lipinski definition) is 3. The molecule has 0 aliphatic carbocycles. The molecule has 0 fully saturated rings. The molecule has 0 spiro atoms. The fourth-order valence-corrected chi connectivity index (χ4v) is 1.06. The molecule has 2 aromatic rings. The fraction of sp³-hybridized carbons (Fsp3) is 0. The molecule has 2 aromatic carbocycles. The summed E-state index contributed by atoms with van der Waals surface area (Å²) in [4.78, 5) is 9.59. The monoisotopic (exact) mass is 226 g/mol. The molecule has 0 aliphatic heterocycles. The molecule has 84 valence electrons. The SMILES string of the molecule is N#Cc1ccccc1.O=[N+]([O-])c1ccccc1. The van der Waals surface area contributed by atoms with Gasteiger partial charge in [-0.2, -0.15) is 5.26 Å². The third-order valence-electron chi connectivity index (χ3n) is 1.87. The second kappa shape index (κ2) is 6.75. The summed E-state index contributed by atoms with van der Waals surface area (Å²) in [5.41, 5.74) is 0.852. The second-order valence-electron chi connectivity index (χ2n) is 3.07. The van der Waals surface area contributed by atoms with Crippen molar-refractivity contribution < 1.29 is 4.92 Å². The summed E-state index contributed by atoms with van der Waals surface area (Å²) < 4.78 is 0. The van der Waals surface area contributed by atoms with Crippen LogP contribution in [0, 0.1) is 21.4 Å². The Labute approximate surface area is 98.9 Å². The van der Waals surface area contributed by atoms with E-state index in [4.69, 9.17) is 5.26 Å². The Morgan fingerprint density at radius 2 is 1.41 bits per heavy atom. The molecular weight excluding hydrogens is 216 g/mol. The van der Waals surface area contributed by atoms with Crippen molar-refractivity contribution in [3.8, 4) is 6.07 Å². The minimum Gasteiger partial charge on any atom is -0.258 e. The van der Waals surface area contributed by atoms with Gasteiger partial charge < -0.3 is 0 Å². The maximum atomic E-state index is 10.0. The highest BCUT2D eigenvalue weighted by atomic mass is 16.6. The van der Waals surface area contributed by atoms with Gasteiger partial charge in [-0.25, -0.2) is 0 Å². The van der Waals surface area contributed by atoms with Crippen molar-refractivity contribution in [2.75, 3.05) is 0 Å². The first-order chi connectivity index (χ1) is 8.24. The minimum absolute atomic E-state index is 0.137. The van der Waals surface area contributed by atoms with Gasteiger partial charge in [0.25, 0.3) is 5.69 Å². The van der Waals surface area contributed by atoms with E-state index in [2.05, 4.69) is 0 Å². The molecule has 0 atom stereocenters. The number of para-hydroxylation sites is 1. The Hall–Kier alpha value is -2.67. The fourth-order valence-electron chi connectivity index (χ4n) is 1.06. The first-order valence-corrected chi connectivity index (χ1v) is 4.88. The number of rotatable bonds is 1. The van der Waals surface area contributed by atoms with E-state index >= 15 is 0 Å². The summed E-state index contributed by atoms with van der Waals surface area (Å²) in [5, 5.41) is 18.3. The Kier molecular flexibility index (Phi) is 4.92. The van der Waals surface area contributed by atoms with E-state index in [9.17, 15) is 10.1 Å². The predicted molar refractivity (Wildman–Crippen MR) is 64.3 cm³/mol.